The second-order valence-electron chi connectivity index (χ2n) is 16.4. The van der Waals surface area contributed by atoms with Gasteiger partial charge < -0.3 is 4.57 Å². The number of allylic oxidation sites excluding steroid dienone is 3. The highest BCUT2D eigenvalue weighted by Gasteiger charge is 2.51. The lowest BCUT2D eigenvalue weighted by Gasteiger charge is -2.30. The highest BCUT2D eigenvalue weighted by Crippen LogP contribution is 2.63. The van der Waals surface area contributed by atoms with E-state index in [2.05, 4.69) is 217 Å². The Morgan fingerprint density at radius 1 is 0.424 bits per heavy atom. The Morgan fingerprint density at radius 3 is 1.83 bits per heavy atom. The van der Waals surface area contributed by atoms with Crippen molar-refractivity contribution in [1.29, 1.82) is 0 Å². The van der Waals surface area contributed by atoms with E-state index in [0.717, 1.165) is 6.42 Å². The number of aromatic nitrogens is 1. The average Bonchev–Trinajstić information content (AvgIpc) is 3.83. The van der Waals surface area contributed by atoms with Crippen LogP contribution in [0.3, 0.4) is 0 Å². The van der Waals surface area contributed by atoms with Crippen molar-refractivity contribution < 1.29 is 0 Å². The van der Waals surface area contributed by atoms with Gasteiger partial charge in [0.25, 0.3) is 0 Å². The molecular formula is C58H37N. The molecule has 59 heavy (non-hydrogen) atoms. The van der Waals surface area contributed by atoms with Crippen molar-refractivity contribution in [3.8, 4) is 39.1 Å². The van der Waals surface area contributed by atoms with E-state index in [9.17, 15) is 0 Å². The molecule has 1 heterocycles. The summed E-state index contributed by atoms with van der Waals surface area (Å²) in [7, 11) is 0. The van der Waals surface area contributed by atoms with Crippen molar-refractivity contribution in [3.63, 3.8) is 0 Å². The number of hydrogen-bond donors (Lipinski definition) is 0. The summed E-state index contributed by atoms with van der Waals surface area (Å²) >= 11 is 0. The smallest absolute Gasteiger partial charge is 0.0726 e. The topological polar surface area (TPSA) is 4.93 Å². The van der Waals surface area contributed by atoms with Gasteiger partial charge in [-0.25, -0.2) is 0 Å². The number of nitrogens with zero attached hydrogens (tertiary/aromatic N) is 1. The van der Waals surface area contributed by atoms with Gasteiger partial charge in [-0.05, 0) is 120 Å². The first-order valence-electron chi connectivity index (χ1n) is 20.7. The third-order valence-corrected chi connectivity index (χ3v) is 13.5. The van der Waals surface area contributed by atoms with Crippen LogP contribution in [0.1, 0.15) is 38.9 Å². The summed E-state index contributed by atoms with van der Waals surface area (Å²) in [5.74, 6) is 0. The summed E-state index contributed by atoms with van der Waals surface area (Å²) < 4.78 is 2.54. The molecule has 1 aromatic heterocycles. The molecule has 0 atom stereocenters. The third-order valence-electron chi connectivity index (χ3n) is 13.5. The summed E-state index contributed by atoms with van der Waals surface area (Å²) in [4.78, 5) is 0. The van der Waals surface area contributed by atoms with Crippen LogP contribution in [0.25, 0.3) is 83.3 Å². The fourth-order valence-corrected chi connectivity index (χ4v) is 10.9. The largest absolute Gasteiger partial charge is 0.309 e. The van der Waals surface area contributed by atoms with Gasteiger partial charge in [0.2, 0.25) is 0 Å². The minimum absolute atomic E-state index is 0.403. The second kappa shape index (κ2) is 12.3. The molecule has 0 saturated carbocycles. The van der Waals surface area contributed by atoms with E-state index in [1.807, 2.05) is 0 Å². The lowest BCUT2D eigenvalue weighted by atomic mass is 9.70. The van der Waals surface area contributed by atoms with Crippen molar-refractivity contribution in [1.82, 2.24) is 4.57 Å². The first kappa shape index (κ1) is 32.6. The van der Waals surface area contributed by atoms with Crippen LogP contribution in [0.15, 0.2) is 206 Å². The maximum atomic E-state index is 2.54. The SMILES string of the molecule is C1=Cc2cc(-c3ccc4c(c3)c3ccc5ccccc5c3n4-c3ccc4c(c3)C3(c5ccccc5-c5ccccc53)c3ccccc3-4)ccc2CC(c2ccccc2)=C1. The van der Waals surface area contributed by atoms with Crippen LogP contribution in [-0.4, -0.2) is 4.57 Å². The van der Waals surface area contributed by atoms with Gasteiger partial charge in [-0.1, -0.05) is 182 Å². The Balaban J connectivity index is 1.02. The molecule has 0 aliphatic heterocycles. The van der Waals surface area contributed by atoms with Crippen LogP contribution in [-0.2, 0) is 11.8 Å². The van der Waals surface area contributed by atoms with E-state index in [1.165, 1.54) is 116 Å². The van der Waals surface area contributed by atoms with Crippen molar-refractivity contribution in [2.45, 2.75) is 11.8 Å². The number of rotatable bonds is 3. The fraction of sp³-hybridized carbons (Fsp3) is 0.0345. The first-order valence-corrected chi connectivity index (χ1v) is 20.7. The Hall–Kier alpha value is -7.48. The van der Waals surface area contributed by atoms with Crippen molar-refractivity contribution in [2.24, 2.45) is 0 Å². The second-order valence-corrected chi connectivity index (χ2v) is 16.4. The van der Waals surface area contributed by atoms with Crippen LogP contribution in [0.4, 0.5) is 0 Å². The minimum Gasteiger partial charge on any atom is -0.309 e. The molecule has 3 aliphatic carbocycles. The van der Waals surface area contributed by atoms with Gasteiger partial charge in [0, 0.05) is 21.8 Å². The predicted molar refractivity (Wildman–Crippen MR) is 247 cm³/mol. The molecule has 3 aliphatic rings. The molecular weight excluding hydrogens is 711 g/mol. The molecule has 0 N–H and O–H groups in total. The lowest BCUT2D eigenvalue weighted by molar-refractivity contribution is 0.792. The van der Waals surface area contributed by atoms with Gasteiger partial charge in [0.15, 0.2) is 0 Å². The van der Waals surface area contributed by atoms with Crippen molar-refractivity contribution in [2.75, 3.05) is 0 Å². The van der Waals surface area contributed by atoms with Crippen LogP contribution in [0, 0.1) is 0 Å². The molecule has 9 aromatic carbocycles. The number of fused-ring (bicyclic) bond motifs is 16. The highest BCUT2D eigenvalue weighted by atomic mass is 15.0. The van der Waals surface area contributed by atoms with Gasteiger partial charge in [-0.2, -0.15) is 0 Å². The number of benzene rings is 9. The Labute approximate surface area is 343 Å². The molecule has 1 heteroatoms. The normalized spacial score (nSPS) is 14.2. The van der Waals surface area contributed by atoms with Gasteiger partial charge in [-0.3, -0.25) is 0 Å². The van der Waals surface area contributed by atoms with Gasteiger partial charge in [0.1, 0.15) is 0 Å². The molecule has 10 aromatic rings. The van der Waals surface area contributed by atoms with Crippen LogP contribution < -0.4 is 0 Å². The quantitative estimate of drug-likeness (QED) is 0.170. The maximum Gasteiger partial charge on any atom is 0.0726 e. The molecule has 274 valence electrons. The van der Waals surface area contributed by atoms with E-state index in [0.29, 0.717) is 0 Å². The minimum atomic E-state index is -0.403. The lowest BCUT2D eigenvalue weighted by Crippen LogP contribution is -2.26. The molecule has 13 rings (SSSR count). The first-order chi connectivity index (χ1) is 29.3. The Kier molecular flexibility index (Phi) is 6.77. The van der Waals surface area contributed by atoms with Crippen LogP contribution in [0.5, 0.6) is 0 Å². The zero-order valence-corrected chi connectivity index (χ0v) is 32.4. The fourth-order valence-electron chi connectivity index (χ4n) is 10.9. The predicted octanol–water partition coefficient (Wildman–Crippen LogP) is 14.6. The maximum absolute atomic E-state index is 2.54. The van der Waals surface area contributed by atoms with Crippen molar-refractivity contribution >= 4 is 44.2 Å². The van der Waals surface area contributed by atoms with E-state index in [4.69, 9.17) is 0 Å². The number of hydrogen-bond acceptors (Lipinski definition) is 0. The summed E-state index contributed by atoms with van der Waals surface area (Å²) in [5.41, 5.74) is 21.7. The molecule has 0 fully saturated rings. The van der Waals surface area contributed by atoms with Crippen LogP contribution >= 0.6 is 0 Å². The van der Waals surface area contributed by atoms with Gasteiger partial charge in [-0.15, -0.1) is 0 Å². The Bertz CT molecular complexity index is 3400. The zero-order chi connectivity index (χ0) is 38.7. The molecule has 0 unspecified atom stereocenters. The standard InChI is InChI=1S/C58H37N/c1-2-13-37(14-3-1)39-16-12-17-40-34-42(26-25-41(40)33-39)43-28-32-56-51(35-43)50-30-27-38-15-4-5-18-45(38)57(50)59(56)44-29-31-49-48-21-8-11-24-54(48)58(55(49)36-44)52-22-9-6-19-46(52)47-20-7-10-23-53(47)58/h1-32,34-36H,33H2. The van der Waals surface area contributed by atoms with E-state index in [1.54, 1.807) is 0 Å². The van der Waals surface area contributed by atoms with E-state index >= 15 is 0 Å². The zero-order valence-electron chi connectivity index (χ0n) is 32.4. The molecule has 0 radical (unpaired) electrons. The molecule has 0 saturated heterocycles. The summed E-state index contributed by atoms with van der Waals surface area (Å²) in [6.45, 7) is 0. The van der Waals surface area contributed by atoms with Crippen molar-refractivity contribution in [3.05, 3.63) is 245 Å². The molecule has 1 spiro atoms. The highest BCUT2D eigenvalue weighted by molar-refractivity contribution is 6.19. The summed E-state index contributed by atoms with van der Waals surface area (Å²) in [5, 5.41) is 5.03. The average molecular weight is 748 g/mol. The molecule has 0 bridgehead atoms. The molecule has 0 amide bonds. The van der Waals surface area contributed by atoms with E-state index < -0.39 is 5.41 Å². The van der Waals surface area contributed by atoms with Gasteiger partial charge >= 0.3 is 0 Å². The summed E-state index contributed by atoms with van der Waals surface area (Å²) in [6.07, 6.45) is 7.66. The Morgan fingerprint density at radius 2 is 1.07 bits per heavy atom. The monoisotopic (exact) mass is 747 g/mol. The van der Waals surface area contributed by atoms with Crippen LogP contribution in [0.2, 0.25) is 0 Å². The molecule has 1 nitrogen and oxygen atoms in total. The van der Waals surface area contributed by atoms with Gasteiger partial charge in [0.05, 0.1) is 16.4 Å². The third kappa shape index (κ3) is 4.50. The van der Waals surface area contributed by atoms with E-state index in [-0.39, 0.29) is 0 Å². The summed E-state index contributed by atoms with van der Waals surface area (Å²) in [6, 6.07) is 72.8.